The number of ether oxygens (including phenoxy) is 1. The van der Waals surface area contributed by atoms with Crippen molar-refractivity contribution in [1.29, 1.82) is 0 Å². The quantitative estimate of drug-likeness (QED) is 0.747. The average Bonchev–Trinajstić information content (AvgIpc) is 3.00. The van der Waals surface area contributed by atoms with Crippen molar-refractivity contribution >= 4 is 11.9 Å². The smallest absolute Gasteiger partial charge is 0.258 e. The van der Waals surface area contributed by atoms with E-state index in [1.54, 1.807) is 14.2 Å². The van der Waals surface area contributed by atoms with E-state index < -0.39 is 0 Å². The Labute approximate surface area is 116 Å². The molecule has 0 fully saturated rings. The van der Waals surface area contributed by atoms with Gasteiger partial charge in [0.05, 0.1) is 12.6 Å². The summed E-state index contributed by atoms with van der Waals surface area (Å²) in [5, 5.41) is 10.1. The van der Waals surface area contributed by atoms with Gasteiger partial charge in [-0.15, -0.1) is 0 Å². The fourth-order valence-electron chi connectivity index (χ4n) is 1.60. The molecular formula is C11H18N8O. The van der Waals surface area contributed by atoms with Crippen LogP contribution in [0.25, 0.3) is 5.95 Å². The van der Waals surface area contributed by atoms with Crippen LogP contribution in [0.5, 0.6) is 0 Å². The number of methoxy groups -OCH3 is 1. The summed E-state index contributed by atoms with van der Waals surface area (Å²) in [7, 11) is 3.41. The number of hydrogen-bond donors (Lipinski definition) is 2. The average molecular weight is 278 g/mol. The standard InChI is InChI=1S/C11H18N8O/c1-4-8(5-20-3)15-10-16-9(12-2)17-11(18-10)19-7-13-6-14-19/h6-8H,4-5H2,1-3H3,(H2,12,15,16,17,18). The summed E-state index contributed by atoms with van der Waals surface area (Å²) in [4.78, 5) is 16.7. The lowest BCUT2D eigenvalue weighted by atomic mass is 10.2. The second-order valence-corrected chi connectivity index (χ2v) is 4.08. The number of nitrogens with zero attached hydrogens (tertiary/aromatic N) is 6. The normalized spacial score (nSPS) is 12.2. The van der Waals surface area contributed by atoms with E-state index >= 15 is 0 Å². The molecule has 1 unspecified atom stereocenters. The maximum Gasteiger partial charge on any atom is 0.258 e. The van der Waals surface area contributed by atoms with E-state index in [1.807, 2.05) is 0 Å². The number of rotatable bonds is 7. The third-order valence-corrected chi connectivity index (χ3v) is 2.66. The van der Waals surface area contributed by atoms with Gasteiger partial charge in [0.1, 0.15) is 12.7 Å². The highest BCUT2D eigenvalue weighted by atomic mass is 16.5. The van der Waals surface area contributed by atoms with Gasteiger partial charge in [0.25, 0.3) is 5.95 Å². The Balaban J connectivity index is 2.26. The minimum Gasteiger partial charge on any atom is -0.383 e. The fraction of sp³-hybridized carbons (Fsp3) is 0.545. The molecule has 2 rings (SSSR count). The Kier molecular flexibility index (Phi) is 4.77. The molecular weight excluding hydrogens is 260 g/mol. The van der Waals surface area contributed by atoms with E-state index in [1.165, 1.54) is 17.3 Å². The number of aromatic nitrogens is 6. The summed E-state index contributed by atoms with van der Waals surface area (Å²) < 4.78 is 6.63. The molecule has 0 aliphatic heterocycles. The van der Waals surface area contributed by atoms with E-state index in [4.69, 9.17) is 4.74 Å². The van der Waals surface area contributed by atoms with Crippen LogP contribution in [0, 0.1) is 0 Å². The third-order valence-electron chi connectivity index (χ3n) is 2.66. The van der Waals surface area contributed by atoms with Gasteiger partial charge in [-0.2, -0.15) is 24.7 Å². The highest BCUT2D eigenvalue weighted by molar-refractivity contribution is 5.37. The summed E-state index contributed by atoms with van der Waals surface area (Å²) in [6.07, 6.45) is 3.85. The van der Waals surface area contributed by atoms with Crippen LogP contribution in [0.15, 0.2) is 12.7 Å². The summed E-state index contributed by atoms with van der Waals surface area (Å²) in [5.41, 5.74) is 0. The van der Waals surface area contributed by atoms with Gasteiger partial charge in [-0.1, -0.05) is 6.92 Å². The van der Waals surface area contributed by atoms with Gasteiger partial charge < -0.3 is 15.4 Å². The van der Waals surface area contributed by atoms with Gasteiger partial charge in [-0.05, 0) is 6.42 Å². The number of nitrogens with one attached hydrogen (secondary N) is 2. The van der Waals surface area contributed by atoms with E-state index in [-0.39, 0.29) is 6.04 Å². The van der Waals surface area contributed by atoms with Gasteiger partial charge >= 0.3 is 0 Å². The van der Waals surface area contributed by atoms with Crippen LogP contribution in [0.1, 0.15) is 13.3 Å². The van der Waals surface area contributed by atoms with Crippen molar-refractivity contribution in [2.75, 3.05) is 31.4 Å². The van der Waals surface area contributed by atoms with Crippen LogP contribution < -0.4 is 10.6 Å². The molecule has 0 spiro atoms. The predicted octanol–water partition coefficient (Wildman–Crippen LogP) is 0.331. The van der Waals surface area contributed by atoms with Crippen LogP contribution in [-0.4, -0.2) is 56.5 Å². The summed E-state index contributed by atoms with van der Waals surface area (Å²) in [6, 6.07) is 0.135. The van der Waals surface area contributed by atoms with Crippen LogP contribution >= 0.6 is 0 Å². The van der Waals surface area contributed by atoms with Gasteiger partial charge in [0, 0.05) is 14.2 Å². The molecule has 2 heterocycles. The zero-order valence-corrected chi connectivity index (χ0v) is 11.7. The van der Waals surface area contributed by atoms with E-state index in [0.717, 1.165) is 6.42 Å². The fourth-order valence-corrected chi connectivity index (χ4v) is 1.60. The highest BCUT2D eigenvalue weighted by Gasteiger charge is 2.11. The predicted molar refractivity (Wildman–Crippen MR) is 73.9 cm³/mol. The lowest BCUT2D eigenvalue weighted by molar-refractivity contribution is 0.184. The lowest BCUT2D eigenvalue weighted by Crippen LogP contribution is -2.26. The molecule has 2 N–H and O–H groups in total. The molecule has 0 saturated carbocycles. The van der Waals surface area contributed by atoms with Crippen molar-refractivity contribution in [2.45, 2.75) is 19.4 Å². The zero-order valence-electron chi connectivity index (χ0n) is 11.7. The van der Waals surface area contributed by atoms with E-state index in [9.17, 15) is 0 Å². The summed E-state index contributed by atoms with van der Waals surface area (Å²) >= 11 is 0. The first-order chi connectivity index (χ1) is 9.76. The molecule has 0 bridgehead atoms. The molecule has 0 saturated heterocycles. The van der Waals surface area contributed by atoms with Crippen LogP contribution in [-0.2, 0) is 4.74 Å². The van der Waals surface area contributed by atoms with Crippen LogP contribution in [0.3, 0.4) is 0 Å². The lowest BCUT2D eigenvalue weighted by Gasteiger charge is -2.16. The molecule has 0 aliphatic carbocycles. The Morgan fingerprint density at radius 3 is 2.70 bits per heavy atom. The largest absolute Gasteiger partial charge is 0.383 e. The zero-order chi connectivity index (χ0) is 14.4. The van der Waals surface area contributed by atoms with Crippen molar-refractivity contribution < 1.29 is 4.74 Å². The molecule has 2 aromatic heterocycles. The molecule has 2 aromatic rings. The van der Waals surface area contributed by atoms with Gasteiger partial charge in [-0.25, -0.2) is 4.98 Å². The van der Waals surface area contributed by atoms with Gasteiger partial charge in [0.2, 0.25) is 11.9 Å². The van der Waals surface area contributed by atoms with Crippen LogP contribution in [0.4, 0.5) is 11.9 Å². The van der Waals surface area contributed by atoms with Crippen molar-refractivity contribution in [1.82, 2.24) is 29.7 Å². The minimum atomic E-state index is 0.135. The molecule has 0 aliphatic rings. The van der Waals surface area contributed by atoms with Crippen molar-refractivity contribution in [3.63, 3.8) is 0 Å². The van der Waals surface area contributed by atoms with Crippen molar-refractivity contribution in [3.8, 4) is 5.95 Å². The molecule has 20 heavy (non-hydrogen) atoms. The van der Waals surface area contributed by atoms with Gasteiger partial charge in [-0.3, -0.25) is 0 Å². The Bertz CT molecular complexity index is 529. The Morgan fingerprint density at radius 1 is 1.30 bits per heavy atom. The molecule has 1 atom stereocenters. The third kappa shape index (κ3) is 3.38. The second kappa shape index (κ2) is 6.75. The molecule has 9 nitrogen and oxygen atoms in total. The van der Waals surface area contributed by atoms with Crippen molar-refractivity contribution in [3.05, 3.63) is 12.7 Å². The van der Waals surface area contributed by atoms with E-state index in [2.05, 4.69) is 42.6 Å². The van der Waals surface area contributed by atoms with E-state index in [0.29, 0.717) is 24.5 Å². The van der Waals surface area contributed by atoms with Crippen molar-refractivity contribution in [2.24, 2.45) is 0 Å². The summed E-state index contributed by atoms with van der Waals surface area (Å²) in [5.74, 6) is 1.33. The Morgan fingerprint density at radius 2 is 2.10 bits per heavy atom. The molecule has 108 valence electrons. The Hall–Kier alpha value is -2.29. The first-order valence-electron chi connectivity index (χ1n) is 6.31. The highest BCUT2D eigenvalue weighted by Crippen LogP contribution is 2.10. The molecule has 9 heteroatoms. The number of anilines is 2. The molecule has 0 radical (unpaired) electrons. The number of hydrogen-bond acceptors (Lipinski definition) is 8. The molecule has 0 aromatic carbocycles. The summed E-state index contributed by atoms with van der Waals surface area (Å²) in [6.45, 7) is 2.64. The minimum absolute atomic E-state index is 0.135. The first-order valence-corrected chi connectivity index (χ1v) is 6.31. The molecule has 0 amide bonds. The topological polar surface area (TPSA) is 103 Å². The van der Waals surface area contributed by atoms with Crippen LogP contribution in [0.2, 0.25) is 0 Å². The SMILES string of the molecule is CCC(COC)Nc1nc(NC)nc(-n2cncn2)n1. The monoisotopic (exact) mass is 278 g/mol. The first kappa shape index (κ1) is 14.1. The second-order valence-electron chi connectivity index (χ2n) is 4.08. The van der Waals surface area contributed by atoms with Gasteiger partial charge in [0.15, 0.2) is 0 Å². The maximum atomic E-state index is 5.15. The maximum absolute atomic E-state index is 5.15.